The lowest BCUT2D eigenvalue weighted by Crippen LogP contribution is -2.33. The van der Waals surface area contributed by atoms with Gasteiger partial charge < -0.3 is 0 Å². The minimum Gasteiger partial charge on any atom is -0.214 e. The predicted octanol–water partition coefficient (Wildman–Crippen LogP) is 3.12. The third-order valence-electron chi connectivity index (χ3n) is 2.96. The van der Waals surface area contributed by atoms with Crippen LogP contribution in [-0.2, 0) is 10.0 Å². The molecule has 1 N–H and O–H groups in total. The number of nitrogens with one attached hydrogen (secondary N) is 1. The highest BCUT2D eigenvalue weighted by atomic mass is 35.5. The van der Waals surface area contributed by atoms with Gasteiger partial charge in [0.15, 0.2) is 0 Å². The summed E-state index contributed by atoms with van der Waals surface area (Å²) >= 11 is 6.01. The molecule has 0 bridgehead atoms. The standard InChI is InChI=1S/C14H22ClNO2S/c1-3-7-14(15)10-16-19(17,18)11-12(2)13-8-5-4-6-9-13/h4-6,8-9,12,14,16H,3,7,10-11H2,1-2H3. The van der Waals surface area contributed by atoms with E-state index in [1.807, 2.05) is 44.2 Å². The number of sulfonamides is 1. The maximum Gasteiger partial charge on any atom is 0.212 e. The van der Waals surface area contributed by atoms with Gasteiger partial charge in [-0.1, -0.05) is 50.6 Å². The lowest BCUT2D eigenvalue weighted by atomic mass is 10.0. The summed E-state index contributed by atoms with van der Waals surface area (Å²) < 4.78 is 26.5. The molecule has 0 aromatic heterocycles. The first-order valence-electron chi connectivity index (χ1n) is 6.61. The highest BCUT2D eigenvalue weighted by Crippen LogP contribution is 2.16. The summed E-state index contributed by atoms with van der Waals surface area (Å²) in [5.74, 6) is 0.0610. The van der Waals surface area contributed by atoms with Gasteiger partial charge in [-0.3, -0.25) is 0 Å². The molecule has 0 spiro atoms. The summed E-state index contributed by atoms with van der Waals surface area (Å²) in [5.41, 5.74) is 1.03. The van der Waals surface area contributed by atoms with Crippen molar-refractivity contribution in [1.82, 2.24) is 4.72 Å². The fourth-order valence-electron chi connectivity index (χ4n) is 1.90. The van der Waals surface area contributed by atoms with Crippen LogP contribution < -0.4 is 4.72 Å². The molecule has 3 nitrogen and oxygen atoms in total. The molecule has 2 atom stereocenters. The van der Waals surface area contributed by atoms with Crippen molar-refractivity contribution in [1.29, 1.82) is 0 Å². The lowest BCUT2D eigenvalue weighted by Gasteiger charge is -2.14. The number of benzene rings is 1. The van der Waals surface area contributed by atoms with Crippen molar-refractivity contribution in [2.24, 2.45) is 0 Å². The lowest BCUT2D eigenvalue weighted by molar-refractivity contribution is 0.571. The number of halogens is 1. The van der Waals surface area contributed by atoms with Crippen LogP contribution in [-0.4, -0.2) is 26.1 Å². The first-order chi connectivity index (χ1) is 8.94. The van der Waals surface area contributed by atoms with Crippen LogP contribution in [0.15, 0.2) is 30.3 Å². The molecule has 0 heterocycles. The normalized spacial score (nSPS) is 15.1. The second-order valence-electron chi connectivity index (χ2n) is 4.83. The van der Waals surface area contributed by atoms with Gasteiger partial charge >= 0.3 is 0 Å². The van der Waals surface area contributed by atoms with Crippen molar-refractivity contribution in [2.75, 3.05) is 12.3 Å². The van der Waals surface area contributed by atoms with Crippen LogP contribution in [0.4, 0.5) is 0 Å². The number of hydrogen-bond donors (Lipinski definition) is 1. The molecule has 0 aliphatic rings. The molecule has 0 radical (unpaired) electrons. The molecule has 19 heavy (non-hydrogen) atoms. The molecule has 0 aliphatic carbocycles. The minimum atomic E-state index is -3.28. The smallest absolute Gasteiger partial charge is 0.212 e. The zero-order valence-corrected chi connectivity index (χ0v) is 13.0. The Morgan fingerprint density at radius 3 is 2.47 bits per heavy atom. The van der Waals surface area contributed by atoms with Crippen molar-refractivity contribution >= 4 is 21.6 Å². The van der Waals surface area contributed by atoms with Gasteiger partial charge in [-0.15, -0.1) is 11.6 Å². The molecular formula is C14H22ClNO2S. The van der Waals surface area contributed by atoms with E-state index in [-0.39, 0.29) is 17.0 Å². The summed E-state index contributed by atoms with van der Waals surface area (Å²) in [7, 11) is -3.28. The van der Waals surface area contributed by atoms with Gasteiger partial charge in [0.2, 0.25) is 10.0 Å². The maximum atomic E-state index is 12.0. The van der Waals surface area contributed by atoms with Gasteiger partial charge in [0, 0.05) is 11.9 Å². The molecule has 0 saturated carbocycles. The SMILES string of the molecule is CCCC(Cl)CNS(=O)(=O)CC(C)c1ccccc1. The van der Waals surface area contributed by atoms with E-state index in [2.05, 4.69) is 4.72 Å². The Morgan fingerprint density at radius 1 is 1.26 bits per heavy atom. The first kappa shape index (κ1) is 16.5. The van der Waals surface area contributed by atoms with Crippen LogP contribution in [0, 0.1) is 0 Å². The van der Waals surface area contributed by atoms with Crippen LogP contribution in [0.1, 0.15) is 38.2 Å². The molecule has 2 unspecified atom stereocenters. The summed E-state index contributed by atoms with van der Waals surface area (Å²) in [4.78, 5) is 0. The average molecular weight is 304 g/mol. The van der Waals surface area contributed by atoms with Crippen LogP contribution in [0.2, 0.25) is 0 Å². The molecule has 1 aromatic carbocycles. The van der Waals surface area contributed by atoms with Crippen LogP contribution in [0.25, 0.3) is 0 Å². The van der Waals surface area contributed by atoms with E-state index in [0.29, 0.717) is 6.54 Å². The van der Waals surface area contributed by atoms with E-state index in [0.717, 1.165) is 18.4 Å². The second-order valence-corrected chi connectivity index (χ2v) is 7.30. The predicted molar refractivity (Wildman–Crippen MR) is 81.2 cm³/mol. The molecule has 0 saturated heterocycles. The van der Waals surface area contributed by atoms with Crippen LogP contribution in [0.3, 0.4) is 0 Å². The Balaban J connectivity index is 2.50. The van der Waals surface area contributed by atoms with Gasteiger partial charge in [0.25, 0.3) is 0 Å². The van der Waals surface area contributed by atoms with Gasteiger partial charge in [-0.25, -0.2) is 13.1 Å². The van der Waals surface area contributed by atoms with E-state index in [4.69, 9.17) is 11.6 Å². The van der Waals surface area contributed by atoms with Crippen molar-refractivity contribution in [3.05, 3.63) is 35.9 Å². The van der Waals surface area contributed by atoms with E-state index in [1.54, 1.807) is 0 Å². The van der Waals surface area contributed by atoms with Gasteiger partial charge in [0.1, 0.15) is 0 Å². The summed E-state index contributed by atoms with van der Waals surface area (Å²) in [6.45, 7) is 4.25. The van der Waals surface area contributed by atoms with Gasteiger partial charge in [-0.05, 0) is 17.9 Å². The van der Waals surface area contributed by atoms with Gasteiger partial charge in [0.05, 0.1) is 5.75 Å². The fourth-order valence-corrected chi connectivity index (χ4v) is 3.71. The minimum absolute atomic E-state index is 0.0290. The number of alkyl halides is 1. The summed E-state index contributed by atoms with van der Waals surface area (Å²) in [5, 5.41) is -0.133. The van der Waals surface area contributed by atoms with Crippen molar-refractivity contribution in [3.63, 3.8) is 0 Å². The molecule has 0 fully saturated rings. The Morgan fingerprint density at radius 2 is 1.89 bits per heavy atom. The molecule has 5 heteroatoms. The number of hydrogen-bond acceptors (Lipinski definition) is 2. The Hall–Kier alpha value is -0.580. The third kappa shape index (κ3) is 6.41. The Labute approximate surface area is 121 Å². The van der Waals surface area contributed by atoms with Crippen molar-refractivity contribution in [3.8, 4) is 0 Å². The quantitative estimate of drug-likeness (QED) is 0.750. The fraction of sp³-hybridized carbons (Fsp3) is 0.571. The van der Waals surface area contributed by atoms with E-state index < -0.39 is 10.0 Å². The molecule has 1 aromatic rings. The van der Waals surface area contributed by atoms with E-state index in [1.165, 1.54) is 0 Å². The van der Waals surface area contributed by atoms with Crippen molar-refractivity contribution < 1.29 is 8.42 Å². The average Bonchev–Trinajstić information content (AvgIpc) is 2.37. The van der Waals surface area contributed by atoms with Crippen LogP contribution in [0.5, 0.6) is 0 Å². The molecule has 0 aliphatic heterocycles. The summed E-state index contributed by atoms with van der Waals surface area (Å²) in [6.07, 6.45) is 1.77. The largest absolute Gasteiger partial charge is 0.214 e. The zero-order valence-electron chi connectivity index (χ0n) is 11.5. The van der Waals surface area contributed by atoms with E-state index in [9.17, 15) is 8.42 Å². The Kier molecular flexibility index (Phi) is 6.83. The highest BCUT2D eigenvalue weighted by Gasteiger charge is 2.17. The first-order valence-corrected chi connectivity index (χ1v) is 8.70. The third-order valence-corrected chi connectivity index (χ3v) is 4.88. The van der Waals surface area contributed by atoms with Gasteiger partial charge in [-0.2, -0.15) is 0 Å². The topological polar surface area (TPSA) is 46.2 Å². The van der Waals surface area contributed by atoms with E-state index >= 15 is 0 Å². The van der Waals surface area contributed by atoms with Crippen LogP contribution >= 0.6 is 11.6 Å². The zero-order chi connectivity index (χ0) is 14.3. The molecular weight excluding hydrogens is 282 g/mol. The number of rotatable bonds is 8. The van der Waals surface area contributed by atoms with Crippen molar-refractivity contribution in [2.45, 2.75) is 38.0 Å². The second kappa shape index (κ2) is 7.88. The summed E-state index contributed by atoms with van der Waals surface area (Å²) in [6, 6.07) is 9.65. The molecule has 0 amide bonds. The Bertz CT molecular complexity index is 462. The maximum absolute atomic E-state index is 12.0. The molecule has 1 rings (SSSR count). The highest BCUT2D eigenvalue weighted by molar-refractivity contribution is 7.89. The monoisotopic (exact) mass is 303 g/mol. The molecule has 108 valence electrons.